The van der Waals surface area contributed by atoms with Crippen LogP contribution in [0.1, 0.15) is 38.0 Å². The van der Waals surface area contributed by atoms with Gasteiger partial charge >= 0.3 is 0 Å². The Labute approximate surface area is 166 Å². The van der Waals surface area contributed by atoms with Crippen LogP contribution in [0.15, 0.2) is 54.6 Å². The lowest BCUT2D eigenvalue weighted by atomic mass is 9.88. The van der Waals surface area contributed by atoms with Gasteiger partial charge in [-0.15, -0.1) is 0 Å². The van der Waals surface area contributed by atoms with Crippen LogP contribution in [0.3, 0.4) is 0 Å². The molecule has 0 fully saturated rings. The normalized spacial score (nSPS) is 20.6. The van der Waals surface area contributed by atoms with Crippen LogP contribution < -0.4 is 10.1 Å². The summed E-state index contributed by atoms with van der Waals surface area (Å²) in [6.45, 7) is 7.11. The molecule has 1 N–H and O–H groups in total. The van der Waals surface area contributed by atoms with Gasteiger partial charge in [-0.2, -0.15) is 0 Å². The number of hydrogen-bond acceptors (Lipinski definition) is 4. The van der Waals surface area contributed by atoms with Gasteiger partial charge in [0, 0.05) is 24.9 Å². The first-order chi connectivity index (χ1) is 13.4. The van der Waals surface area contributed by atoms with Crippen LogP contribution in [-0.2, 0) is 16.0 Å². The highest BCUT2D eigenvalue weighted by atomic mass is 19.1. The van der Waals surface area contributed by atoms with E-state index in [1.807, 2.05) is 51.1 Å². The highest BCUT2D eigenvalue weighted by molar-refractivity contribution is 5.53. The highest BCUT2D eigenvalue weighted by Crippen LogP contribution is 2.44. The largest absolute Gasteiger partial charge is 0.485 e. The molecule has 28 heavy (non-hydrogen) atoms. The zero-order valence-electron chi connectivity index (χ0n) is 16.9. The zero-order valence-corrected chi connectivity index (χ0v) is 16.9. The number of rotatable bonds is 7. The van der Waals surface area contributed by atoms with Gasteiger partial charge in [-0.25, -0.2) is 4.39 Å². The summed E-state index contributed by atoms with van der Waals surface area (Å²) in [4.78, 5) is 0. The van der Waals surface area contributed by atoms with Gasteiger partial charge in [0.1, 0.15) is 29.4 Å². The van der Waals surface area contributed by atoms with E-state index in [1.165, 1.54) is 12.1 Å². The predicted molar refractivity (Wildman–Crippen MR) is 109 cm³/mol. The number of hydrogen-bond donors (Lipinski definition) is 1. The SMILES string of the molecule is CC=CCOC1C(OC)c2cc(NCc3ccc(F)cc3)ccc2OC1(C)C. The van der Waals surface area contributed by atoms with Crippen LogP contribution >= 0.6 is 0 Å². The summed E-state index contributed by atoms with van der Waals surface area (Å²) in [7, 11) is 1.69. The summed E-state index contributed by atoms with van der Waals surface area (Å²) in [6, 6.07) is 12.4. The number of ether oxygens (including phenoxy) is 3. The second-order valence-electron chi connectivity index (χ2n) is 7.42. The lowest BCUT2D eigenvalue weighted by Gasteiger charge is -2.43. The Hall–Kier alpha value is -2.37. The summed E-state index contributed by atoms with van der Waals surface area (Å²) < 4.78 is 31.2. The second kappa shape index (κ2) is 8.76. The number of allylic oxidation sites excluding steroid dienone is 1. The zero-order chi connectivity index (χ0) is 20.1. The molecule has 2 aromatic rings. The molecule has 2 atom stereocenters. The molecule has 1 aliphatic rings. The van der Waals surface area contributed by atoms with E-state index in [2.05, 4.69) is 5.32 Å². The minimum Gasteiger partial charge on any atom is -0.485 e. The maximum Gasteiger partial charge on any atom is 0.132 e. The van der Waals surface area contributed by atoms with E-state index < -0.39 is 5.60 Å². The molecule has 1 heterocycles. The fraction of sp³-hybridized carbons (Fsp3) is 0.391. The van der Waals surface area contributed by atoms with Crippen LogP contribution in [0.2, 0.25) is 0 Å². The van der Waals surface area contributed by atoms with Crippen molar-refractivity contribution in [2.75, 3.05) is 19.0 Å². The molecule has 0 saturated heterocycles. The van der Waals surface area contributed by atoms with Crippen LogP contribution in [0.25, 0.3) is 0 Å². The first-order valence-electron chi connectivity index (χ1n) is 9.51. The van der Waals surface area contributed by atoms with E-state index in [4.69, 9.17) is 14.2 Å². The van der Waals surface area contributed by atoms with E-state index in [0.717, 1.165) is 22.6 Å². The maximum atomic E-state index is 13.1. The van der Waals surface area contributed by atoms with Crippen LogP contribution in [-0.4, -0.2) is 25.4 Å². The summed E-state index contributed by atoms with van der Waals surface area (Å²) >= 11 is 0. The fourth-order valence-corrected chi connectivity index (χ4v) is 3.44. The van der Waals surface area contributed by atoms with E-state index in [0.29, 0.717) is 13.2 Å². The minimum atomic E-state index is -0.516. The first kappa shape index (κ1) is 20.4. The van der Waals surface area contributed by atoms with Crippen molar-refractivity contribution >= 4 is 5.69 Å². The molecule has 0 amide bonds. The van der Waals surface area contributed by atoms with Crippen molar-refractivity contribution in [3.8, 4) is 5.75 Å². The van der Waals surface area contributed by atoms with Crippen molar-refractivity contribution in [1.82, 2.24) is 0 Å². The van der Waals surface area contributed by atoms with Crippen molar-refractivity contribution < 1.29 is 18.6 Å². The van der Waals surface area contributed by atoms with Gasteiger partial charge in [0.25, 0.3) is 0 Å². The summed E-state index contributed by atoms with van der Waals surface area (Å²) in [5.74, 6) is 0.569. The lowest BCUT2D eigenvalue weighted by Crippen LogP contribution is -2.50. The van der Waals surface area contributed by atoms with Crippen molar-refractivity contribution in [2.45, 2.75) is 45.1 Å². The highest BCUT2D eigenvalue weighted by Gasteiger charge is 2.45. The second-order valence-corrected chi connectivity index (χ2v) is 7.42. The van der Waals surface area contributed by atoms with E-state index in [9.17, 15) is 4.39 Å². The number of methoxy groups -OCH3 is 1. The smallest absolute Gasteiger partial charge is 0.132 e. The van der Waals surface area contributed by atoms with Crippen LogP contribution in [0, 0.1) is 5.82 Å². The molecule has 0 saturated carbocycles. The number of fused-ring (bicyclic) bond motifs is 1. The van der Waals surface area contributed by atoms with Gasteiger partial charge < -0.3 is 19.5 Å². The number of benzene rings is 2. The number of anilines is 1. The lowest BCUT2D eigenvalue weighted by molar-refractivity contribution is -0.148. The summed E-state index contributed by atoms with van der Waals surface area (Å²) in [5.41, 5.74) is 2.39. The molecule has 3 rings (SSSR count). The topological polar surface area (TPSA) is 39.7 Å². The Morgan fingerprint density at radius 1 is 1.18 bits per heavy atom. The Morgan fingerprint density at radius 2 is 1.93 bits per heavy atom. The molecule has 1 aliphatic heterocycles. The monoisotopic (exact) mass is 385 g/mol. The Balaban J connectivity index is 1.80. The van der Waals surface area contributed by atoms with Crippen molar-refractivity contribution in [3.05, 3.63) is 71.6 Å². The van der Waals surface area contributed by atoms with Gasteiger partial charge in [-0.05, 0) is 56.7 Å². The minimum absolute atomic E-state index is 0.232. The van der Waals surface area contributed by atoms with E-state index in [1.54, 1.807) is 19.2 Å². The average molecular weight is 385 g/mol. The van der Waals surface area contributed by atoms with E-state index in [-0.39, 0.29) is 18.0 Å². The van der Waals surface area contributed by atoms with E-state index >= 15 is 0 Å². The Bertz CT molecular complexity index is 817. The standard InChI is InChI=1S/C23H28FNO3/c1-5-6-13-27-22-21(26-4)19-14-18(11-12-20(19)28-23(22,2)3)25-15-16-7-9-17(24)10-8-16/h5-12,14,21-22,25H,13,15H2,1-4H3. The summed E-state index contributed by atoms with van der Waals surface area (Å²) in [6.07, 6.45) is 3.45. The average Bonchev–Trinajstić information content (AvgIpc) is 2.67. The van der Waals surface area contributed by atoms with Crippen LogP contribution in [0.5, 0.6) is 5.75 Å². The van der Waals surface area contributed by atoms with Crippen molar-refractivity contribution in [1.29, 1.82) is 0 Å². The molecule has 0 aliphatic carbocycles. The Morgan fingerprint density at radius 3 is 2.61 bits per heavy atom. The first-order valence-corrected chi connectivity index (χ1v) is 9.51. The third kappa shape index (κ3) is 4.54. The van der Waals surface area contributed by atoms with Gasteiger partial charge in [0.2, 0.25) is 0 Å². The summed E-state index contributed by atoms with van der Waals surface area (Å²) in [5, 5.41) is 3.38. The molecule has 150 valence electrons. The third-order valence-corrected chi connectivity index (χ3v) is 4.92. The molecule has 0 bridgehead atoms. The molecule has 4 nitrogen and oxygen atoms in total. The Kier molecular flexibility index (Phi) is 6.37. The molecule has 2 aromatic carbocycles. The van der Waals surface area contributed by atoms with Crippen LogP contribution in [0.4, 0.5) is 10.1 Å². The number of nitrogens with one attached hydrogen (secondary N) is 1. The third-order valence-electron chi connectivity index (χ3n) is 4.92. The maximum absolute atomic E-state index is 13.1. The molecule has 0 spiro atoms. The molecule has 5 heteroatoms. The fourth-order valence-electron chi connectivity index (χ4n) is 3.44. The molecule has 2 unspecified atom stereocenters. The van der Waals surface area contributed by atoms with Gasteiger partial charge in [-0.3, -0.25) is 0 Å². The van der Waals surface area contributed by atoms with Crippen molar-refractivity contribution in [3.63, 3.8) is 0 Å². The molecular weight excluding hydrogens is 357 g/mol. The number of halogens is 1. The van der Waals surface area contributed by atoms with Gasteiger partial charge in [0.15, 0.2) is 0 Å². The predicted octanol–water partition coefficient (Wildman–Crippen LogP) is 5.26. The van der Waals surface area contributed by atoms with Gasteiger partial charge in [0.05, 0.1) is 6.61 Å². The molecule has 0 aromatic heterocycles. The van der Waals surface area contributed by atoms with Crippen molar-refractivity contribution in [2.24, 2.45) is 0 Å². The van der Waals surface area contributed by atoms with Gasteiger partial charge in [-0.1, -0.05) is 24.3 Å². The quantitative estimate of drug-likeness (QED) is 0.660. The molecule has 0 radical (unpaired) electrons. The molecular formula is C23H28FNO3.